The van der Waals surface area contributed by atoms with Gasteiger partial charge in [-0.2, -0.15) is 0 Å². The maximum Gasteiger partial charge on any atom is 0.341 e. The second-order valence-corrected chi connectivity index (χ2v) is 3.71. The van der Waals surface area contributed by atoms with E-state index in [1.54, 1.807) is 6.92 Å². The molecule has 7 heteroatoms. The first-order chi connectivity index (χ1) is 9.76. The molecule has 100 valence electrons. The molecule has 0 amide bonds. The van der Waals surface area contributed by atoms with E-state index in [0.29, 0.717) is 5.82 Å². The van der Waals surface area contributed by atoms with Crippen molar-refractivity contribution >= 4 is 11.8 Å². The molecule has 0 N–H and O–H groups in total. The minimum absolute atomic E-state index is 0.0418. The zero-order valence-corrected chi connectivity index (χ0v) is 10.7. The van der Waals surface area contributed by atoms with Crippen LogP contribution in [0.4, 0.5) is 5.82 Å². The topological polar surface area (TPSA) is 101 Å². The molecule has 1 aromatic carbocycles. The largest absolute Gasteiger partial charge is 0.462 e. The van der Waals surface area contributed by atoms with E-state index in [2.05, 4.69) is 20.0 Å². The van der Waals surface area contributed by atoms with Gasteiger partial charge in [0.2, 0.25) is 0 Å². The normalized spacial score (nSPS) is 9.65. The number of azide groups is 1. The minimum Gasteiger partial charge on any atom is -0.462 e. The molecule has 0 aliphatic rings. The fourth-order valence-electron chi connectivity index (χ4n) is 1.57. The van der Waals surface area contributed by atoms with E-state index in [1.807, 2.05) is 30.3 Å². The lowest BCUT2D eigenvalue weighted by Crippen LogP contribution is -2.07. The van der Waals surface area contributed by atoms with Crippen LogP contribution in [0.1, 0.15) is 17.3 Å². The van der Waals surface area contributed by atoms with Crippen LogP contribution in [0.5, 0.6) is 0 Å². The average molecular weight is 269 g/mol. The van der Waals surface area contributed by atoms with Gasteiger partial charge in [0.05, 0.1) is 6.61 Å². The van der Waals surface area contributed by atoms with Gasteiger partial charge in [0, 0.05) is 16.7 Å². The first kappa shape index (κ1) is 13.5. The summed E-state index contributed by atoms with van der Waals surface area (Å²) >= 11 is 0. The third kappa shape index (κ3) is 2.90. The Labute approximate surface area is 114 Å². The Morgan fingerprint density at radius 2 is 2.15 bits per heavy atom. The highest BCUT2D eigenvalue weighted by Crippen LogP contribution is 2.22. The molecule has 20 heavy (non-hydrogen) atoms. The number of carbonyl (C=O) groups excluding carboxylic acids is 1. The summed E-state index contributed by atoms with van der Waals surface area (Å²) < 4.78 is 4.86. The van der Waals surface area contributed by atoms with Gasteiger partial charge in [-0.05, 0) is 17.6 Å². The van der Waals surface area contributed by atoms with Crippen LogP contribution < -0.4 is 0 Å². The van der Waals surface area contributed by atoms with E-state index < -0.39 is 5.97 Å². The number of esters is 1. The monoisotopic (exact) mass is 269 g/mol. The predicted octanol–water partition coefficient (Wildman–Crippen LogP) is 3.26. The Hall–Kier alpha value is -2.92. The Kier molecular flexibility index (Phi) is 4.26. The van der Waals surface area contributed by atoms with E-state index in [-0.39, 0.29) is 18.0 Å². The SMILES string of the molecule is CCOC(=O)c1cnc(-c2ccccc2)nc1N=[N+]=[N-]. The van der Waals surface area contributed by atoms with Gasteiger partial charge in [0.1, 0.15) is 11.4 Å². The lowest BCUT2D eigenvalue weighted by molar-refractivity contribution is 0.0526. The van der Waals surface area contributed by atoms with Crippen LogP contribution in [0.2, 0.25) is 0 Å². The summed E-state index contributed by atoms with van der Waals surface area (Å²) in [5, 5.41) is 3.42. The van der Waals surface area contributed by atoms with E-state index in [4.69, 9.17) is 10.3 Å². The standard InChI is InChI=1S/C13H11N5O2/c1-2-20-13(19)10-8-15-11(16-12(10)17-18-14)9-6-4-3-5-7-9/h3-8H,2H2,1H3. The highest BCUT2D eigenvalue weighted by molar-refractivity contribution is 5.93. The molecule has 2 aromatic rings. The van der Waals surface area contributed by atoms with Gasteiger partial charge in [-0.15, -0.1) is 0 Å². The molecule has 7 nitrogen and oxygen atoms in total. The van der Waals surface area contributed by atoms with Crippen molar-refractivity contribution in [3.05, 3.63) is 52.5 Å². The summed E-state index contributed by atoms with van der Waals surface area (Å²) in [5.41, 5.74) is 9.37. The van der Waals surface area contributed by atoms with Crippen molar-refractivity contribution < 1.29 is 9.53 Å². The number of ether oxygens (including phenoxy) is 1. The quantitative estimate of drug-likeness (QED) is 0.368. The molecule has 0 fully saturated rings. The summed E-state index contributed by atoms with van der Waals surface area (Å²) in [6.07, 6.45) is 1.30. The van der Waals surface area contributed by atoms with Crippen LogP contribution >= 0.6 is 0 Å². The zero-order chi connectivity index (χ0) is 14.4. The van der Waals surface area contributed by atoms with Crippen molar-refractivity contribution in [1.82, 2.24) is 9.97 Å². The van der Waals surface area contributed by atoms with Gasteiger partial charge in [-0.1, -0.05) is 30.3 Å². The highest BCUT2D eigenvalue weighted by atomic mass is 16.5. The Balaban J connectivity index is 2.48. The van der Waals surface area contributed by atoms with Crippen LogP contribution in [0, 0.1) is 0 Å². The lowest BCUT2D eigenvalue weighted by atomic mass is 10.2. The van der Waals surface area contributed by atoms with Gasteiger partial charge in [-0.3, -0.25) is 0 Å². The van der Waals surface area contributed by atoms with Gasteiger partial charge >= 0.3 is 5.97 Å². The third-order valence-electron chi connectivity index (χ3n) is 2.44. The van der Waals surface area contributed by atoms with Crippen LogP contribution in [0.3, 0.4) is 0 Å². The fraction of sp³-hybridized carbons (Fsp3) is 0.154. The molecule has 0 unspecified atom stereocenters. The summed E-state index contributed by atoms with van der Waals surface area (Å²) in [6.45, 7) is 1.90. The average Bonchev–Trinajstić information content (AvgIpc) is 2.48. The van der Waals surface area contributed by atoms with E-state index >= 15 is 0 Å². The maximum atomic E-state index is 11.7. The highest BCUT2D eigenvalue weighted by Gasteiger charge is 2.15. The predicted molar refractivity (Wildman–Crippen MR) is 72.2 cm³/mol. The summed E-state index contributed by atoms with van der Waals surface area (Å²) in [7, 11) is 0. The zero-order valence-electron chi connectivity index (χ0n) is 10.7. The second-order valence-electron chi connectivity index (χ2n) is 3.71. The number of hydrogen-bond acceptors (Lipinski definition) is 5. The molecule has 0 bridgehead atoms. The first-order valence-electron chi connectivity index (χ1n) is 5.91. The van der Waals surface area contributed by atoms with Crippen molar-refractivity contribution in [2.45, 2.75) is 6.92 Å². The molecule has 1 aromatic heterocycles. The van der Waals surface area contributed by atoms with Crippen LogP contribution in [-0.4, -0.2) is 22.5 Å². The van der Waals surface area contributed by atoms with Crippen molar-refractivity contribution in [3.63, 3.8) is 0 Å². The molecule has 1 heterocycles. The number of aromatic nitrogens is 2. The number of carbonyl (C=O) groups is 1. The summed E-state index contributed by atoms with van der Waals surface area (Å²) in [4.78, 5) is 22.6. The van der Waals surface area contributed by atoms with Crippen molar-refractivity contribution in [2.24, 2.45) is 5.11 Å². The summed E-state index contributed by atoms with van der Waals surface area (Å²) in [6, 6.07) is 9.18. The van der Waals surface area contributed by atoms with Gasteiger partial charge in [0.15, 0.2) is 5.82 Å². The van der Waals surface area contributed by atoms with E-state index in [1.165, 1.54) is 6.20 Å². The molecule has 0 aliphatic carbocycles. The van der Waals surface area contributed by atoms with Crippen molar-refractivity contribution in [2.75, 3.05) is 6.61 Å². The molecule has 0 saturated carbocycles. The second kappa shape index (κ2) is 6.31. The number of rotatable bonds is 4. The molecule has 0 radical (unpaired) electrons. The van der Waals surface area contributed by atoms with Gasteiger partial charge in [0.25, 0.3) is 0 Å². The molecule has 0 aliphatic heterocycles. The van der Waals surface area contributed by atoms with Gasteiger partial charge < -0.3 is 4.74 Å². The third-order valence-corrected chi connectivity index (χ3v) is 2.44. The van der Waals surface area contributed by atoms with Crippen molar-refractivity contribution in [1.29, 1.82) is 0 Å². The van der Waals surface area contributed by atoms with E-state index in [9.17, 15) is 4.79 Å². The first-order valence-corrected chi connectivity index (χ1v) is 5.91. The molecule has 0 saturated heterocycles. The fourth-order valence-corrected chi connectivity index (χ4v) is 1.57. The Morgan fingerprint density at radius 1 is 1.40 bits per heavy atom. The number of nitrogens with zero attached hydrogens (tertiary/aromatic N) is 5. The van der Waals surface area contributed by atoms with Gasteiger partial charge in [-0.25, -0.2) is 14.8 Å². The molecule has 0 spiro atoms. The summed E-state index contributed by atoms with van der Waals surface area (Å²) in [5.74, 6) is -0.282. The smallest absolute Gasteiger partial charge is 0.341 e. The lowest BCUT2D eigenvalue weighted by Gasteiger charge is -2.06. The Bertz CT molecular complexity index is 666. The minimum atomic E-state index is -0.616. The molecule has 0 atom stereocenters. The Morgan fingerprint density at radius 3 is 2.80 bits per heavy atom. The van der Waals surface area contributed by atoms with E-state index in [0.717, 1.165) is 5.56 Å². The van der Waals surface area contributed by atoms with Crippen molar-refractivity contribution in [3.8, 4) is 11.4 Å². The number of hydrogen-bond donors (Lipinski definition) is 0. The van der Waals surface area contributed by atoms with Crippen LogP contribution in [0.25, 0.3) is 21.8 Å². The maximum absolute atomic E-state index is 11.7. The molecular formula is C13H11N5O2. The van der Waals surface area contributed by atoms with Crippen LogP contribution in [-0.2, 0) is 4.74 Å². The van der Waals surface area contributed by atoms with Crippen LogP contribution in [0.15, 0.2) is 41.6 Å². The molecule has 2 rings (SSSR count). The molecular weight excluding hydrogens is 258 g/mol. The number of benzene rings is 1.